The highest BCUT2D eigenvalue weighted by Crippen LogP contribution is 2.22. The molecule has 2 atom stereocenters. The molecule has 3 heteroatoms. The monoisotopic (exact) mass is 475 g/mol. The summed E-state index contributed by atoms with van der Waals surface area (Å²) in [5.74, 6) is 0.663. The molecule has 1 aromatic heterocycles. The number of rotatable bonds is 15. The summed E-state index contributed by atoms with van der Waals surface area (Å²) < 4.78 is 8.75. The van der Waals surface area contributed by atoms with Gasteiger partial charge in [-0.25, -0.2) is 4.57 Å². The van der Waals surface area contributed by atoms with Crippen molar-refractivity contribution in [1.29, 1.82) is 0 Å². The smallest absolute Gasteiger partial charge is 0.178 e. The number of nitrogens with zero attached hydrogens (tertiary/aromatic N) is 1. The largest absolute Gasteiger partial charge is 1.00 e. The highest BCUT2D eigenvalue weighted by atomic mass is 79.9. The summed E-state index contributed by atoms with van der Waals surface area (Å²) in [6.07, 6.45) is 15.9. The predicted octanol–water partition coefficient (Wildman–Crippen LogP) is 4.08. The van der Waals surface area contributed by atoms with Crippen LogP contribution in [0.25, 0.3) is 0 Å². The third kappa shape index (κ3) is 10.2. The lowest BCUT2D eigenvalue weighted by atomic mass is 10.00. The fourth-order valence-electron chi connectivity index (χ4n) is 3.81. The van der Waals surface area contributed by atoms with Crippen molar-refractivity contribution >= 4 is 0 Å². The lowest BCUT2D eigenvalue weighted by Gasteiger charge is -2.20. The lowest BCUT2D eigenvalue weighted by molar-refractivity contribution is -0.705. The molecule has 0 aliphatic rings. The number of aromatic nitrogens is 1. The number of ether oxygens (including phenoxy) is 1. The maximum Gasteiger partial charge on any atom is 0.178 e. The molecule has 0 N–H and O–H groups in total. The van der Waals surface area contributed by atoms with E-state index < -0.39 is 0 Å². The third-order valence-corrected chi connectivity index (χ3v) is 5.90. The second kappa shape index (κ2) is 16.5. The van der Waals surface area contributed by atoms with Gasteiger partial charge >= 0.3 is 0 Å². The average molecular weight is 477 g/mol. The summed E-state index contributed by atoms with van der Waals surface area (Å²) in [5, 5.41) is 0. The number of hydrogen-bond acceptors (Lipinski definition) is 1. The summed E-state index contributed by atoms with van der Waals surface area (Å²) in [6.45, 7) is 8.55. The molecule has 0 aliphatic heterocycles. The SMILES string of the molecule is CCCCCCc1ccc(C(C[n+]2ccccc2)OCC(CC)CCCC)cc1.[Br-]. The van der Waals surface area contributed by atoms with Gasteiger partial charge in [-0.05, 0) is 36.3 Å². The van der Waals surface area contributed by atoms with Gasteiger partial charge in [0.1, 0.15) is 6.10 Å². The van der Waals surface area contributed by atoms with E-state index in [0.717, 1.165) is 13.2 Å². The topological polar surface area (TPSA) is 13.1 Å². The van der Waals surface area contributed by atoms with Crippen LogP contribution in [0, 0.1) is 5.92 Å². The molecule has 1 heterocycles. The van der Waals surface area contributed by atoms with E-state index in [4.69, 9.17) is 4.74 Å². The van der Waals surface area contributed by atoms with E-state index in [-0.39, 0.29) is 23.1 Å². The Morgan fingerprint density at radius 1 is 0.833 bits per heavy atom. The maximum absolute atomic E-state index is 6.51. The van der Waals surface area contributed by atoms with Crippen LogP contribution < -0.4 is 21.5 Å². The number of hydrogen-bond donors (Lipinski definition) is 0. The number of aryl methyl sites for hydroxylation is 1. The van der Waals surface area contributed by atoms with Crippen LogP contribution in [0.2, 0.25) is 0 Å². The molecule has 0 saturated carbocycles. The molecule has 0 bridgehead atoms. The molecule has 0 saturated heterocycles. The molecule has 2 unspecified atom stereocenters. The van der Waals surface area contributed by atoms with Gasteiger partial charge < -0.3 is 21.7 Å². The Morgan fingerprint density at radius 2 is 1.53 bits per heavy atom. The van der Waals surface area contributed by atoms with Crippen LogP contribution in [0.15, 0.2) is 54.9 Å². The molecule has 30 heavy (non-hydrogen) atoms. The fraction of sp³-hybridized carbons (Fsp3) is 0.593. The summed E-state index contributed by atoms with van der Waals surface area (Å²) in [6, 6.07) is 15.4. The van der Waals surface area contributed by atoms with Crippen molar-refractivity contribution in [2.45, 2.75) is 91.2 Å². The van der Waals surface area contributed by atoms with Crippen molar-refractivity contribution in [3.8, 4) is 0 Å². The highest BCUT2D eigenvalue weighted by Gasteiger charge is 2.19. The summed E-state index contributed by atoms with van der Waals surface area (Å²) in [4.78, 5) is 0. The second-order valence-corrected chi connectivity index (χ2v) is 8.36. The zero-order valence-electron chi connectivity index (χ0n) is 19.4. The molecular formula is C27H42BrNO. The van der Waals surface area contributed by atoms with Gasteiger partial charge in [-0.3, -0.25) is 0 Å². The quantitative estimate of drug-likeness (QED) is 0.279. The van der Waals surface area contributed by atoms with Gasteiger partial charge in [0.05, 0.1) is 6.61 Å². The molecule has 0 radical (unpaired) electrons. The molecule has 0 aliphatic carbocycles. The molecular weight excluding hydrogens is 434 g/mol. The summed E-state index contributed by atoms with van der Waals surface area (Å²) in [5.41, 5.74) is 2.74. The summed E-state index contributed by atoms with van der Waals surface area (Å²) >= 11 is 0. The predicted molar refractivity (Wildman–Crippen MR) is 123 cm³/mol. The molecule has 0 amide bonds. The average Bonchev–Trinajstić information content (AvgIpc) is 2.77. The number of unbranched alkanes of at least 4 members (excludes halogenated alkanes) is 4. The van der Waals surface area contributed by atoms with Crippen molar-refractivity contribution in [3.63, 3.8) is 0 Å². The van der Waals surface area contributed by atoms with Crippen LogP contribution in [0.4, 0.5) is 0 Å². The van der Waals surface area contributed by atoms with E-state index in [9.17, 15) is 0 Å². The molecule has 2 nitrogen and oxygen atoms in total. The van der Waals surface area contributed by atoms with Crippen molar-refractivity contribution in [3.05, 3.63) is 66.0 Å². The Bertz CT molecular complexity index is 644. The second-order valence-electron chi connectivity index (χ2n) is 8.36. The Kier molecular flexibility index (Phi) is 14.8. The molecule has 0 fully saturated rings. The van der Waals surface area contributed by atoms with Gasteiger partial charge in [-0.2, -0.15) is 0 Å². The molecule has 1 aromatic carbocycles. The Morgan fingerprint density at radius 3 is 2.17 bits per heavy atom. The molecule has 0 spiro atoms. The maximum atomic E-state index is 6.51. The van der Waals surface area contributed by atoms with Gasteiger partial charge in [0.15, 0.2) is 18.9 Å². The summed E-state index contributed by atoms with van der Waals surface area (Å²) in [7, 11) is 0. The normalized spacial score (nSPS) is 12.9. The first-order chi connectivity index (χ1) is 14.3. The van der Waals surface area contributed by atoms with E-state index in [2.05, 4.69) is 80.2 Å². The van der Waals surface area contributed by atoms with Gasteiger partial charge in [-0.15, -0.1) is 0 Å². The molecule has 2 rings (SSSR count). The Hall–Kier alpha value is -1.19. The molecule has 168 valence electrons. The van der Waals surface area contributed by atoms with Crippen LogP contribution in [-0.2, 0) is 17.7 Å². The van der Waals surface area contributed by atoms with Gasteiger partial charge in [0, 0.05) is 12.1 Å². The molecule has 2 aromatic rings. The Balaban J connectivity index is 0.00000450. The van der Waals surface area contributed by atoms with Crippen molar-refractivity contribution in [2.24, 2.45) is 5.92 Å². The van der Waals surface area contributed by atoms with Crippen LogP contribution in [0.1, 0.15) is 89.4 Å². The fourth-order valence-corrected chi connectivity index (χ4v) is 3.81. The lowest BCUT2D eigenvalue weighted by Crippen LogP contribution is -3.00. The van der Waals surface area contributed by atoms with Crippen LogP contribution in [0.3, 0.4) is 0 Å². The minimum Gasteiger partial charge on any atom is -1.00 e. The zero-order valence-corrected chi connectivity index (χ0v) is 20.9. The van der Waals surface area contributed by atoms with Crippen LogP contribution in [0.5, 0.6) is 0 Å². The van der Waals surface area contributed by atoms with Crippen molar-refractivity contribution in [1.82, 2.24) is 0 Å². The number of pyridine rings is 1. The first-order valence-corrected chi connectivity index (χ1v) is 11.9. The van der Waals surface area contributed by atoms with Gasteiger partial charge in [0.2, 0.25) is 0 Å². The van der Waals surface area contributed by atoms with Crippen LogP contribution >= 0.6 is 0 Å². The standard InChI is InChI=1S/C27H42NO.BrH/c1-4-7-9-11-15-25-16-18-26(19-17-25)27(22-28-20-12-10-13-21-28)29-23-24(6-3)14-8-5-2;/h10,12-13,16-21,24,27H,4-9,11,14-15,22-23H2,1-3H3;1H/q+1;/p-1. The number of benzene rings is 1. The minimum atomic E-state index is 0. The Labute approximate surface area is 195 Å². The van der Waals surface area contributed by atoms with Crippen molar-refractivity contribution in [2.75, 3.05) is 6.61 Å². The first kappa shape index (κ1) is 26.8. The number of halogens is 1. The van der Waals surface area contributed by atoms with E-state index >= 15 is 0 Å². The first-order valence-electron chi connectivity index (χ1n) is 11.9. The zero-order chi connectivity index (χ0) is 20.7. The van der Waals surface area contributed by atoms with E-state index in [0.29, 0.717) is 5.92 Å². The third-order valence-electron chi connectivity index (χ3n) is 5.90. The van der Waals surface area contributed by atoms with Gasteiger partial charge in [0.25, 0.3) is 0 Å². The van der Waals surface area contributed by atoms with E-state index in [1.54, 1.807) is 0 Å². The van der Waals surface area contributed by atoms with Crippen LogP contribution in [-0.4, -0.2) is 6.61 Å². The van der Waals surface area contributed by atoms with Gasteiger partial charge in [-0.1, -0.05) is 89.6 Å². The highest BCUT2D eigenvalue weighted by molar-refractivity contribution is 5.24. The minimum absolute atomic E-state index is 0. The van der Waals surface area contributed by atoms with E-state index in [1.165, 1.54) is 68.9 Å². The van der Waals surface area contributed by atoms with E-state index in [1.807, 2.05) is 0 Å². The van der Waals surface area contributed by atoms with Crippen molar-refractivity contribution < 1.29 is 26.3 Å².